The number of nitrogens with zero attached hydrogens (tertiary/aromatic N) is 1. The summed E-state index contributed by atoms with van der Waals surface area (Å²) in [7, 11) is 1.06. The molecule has 2 atom stereocenters. The number of hydrogen-bond acceptors (Lipinski definition) is 7. The number of aromatic carboxylic acids is 1. The van der Waals surface area contributed by atoms with E-state index in [2.05, 4.69) is 9.72 Å². The number of carboxylic acid groups (broad SMARTS) is 1. The smallest absolute Gasteiger partial charge is 0.347 e. The van der Waals surface area contributed by atoms with Crippen LogP contribution in [0.3, 0.4) is 0 Å². The third kappa shape index (κ3) is 2.78. The first-order chi connectivity index (χ1) is 7.88. The molecule has 3 N–H and O–H groups in total. The van der Waals surface area contributed by atoms with Crippen molar-refractivity contribution >= 4 is 23.3 Å². The highest BCUT2D eigenvalue weighted by molar-refractivity contribution is 7.13. The fraction of sp³-hybridized carbons (Fsp3) is 0.444. The Morgan fingerprint density at radius 2 is 2.00 bits per heavy atom. The maximum absolute atomic E-state index is 11.0. The summed E-state index contributed by atoms with van der Waals surface area (Å²) in [6.07, 6.45) is -3.38. The van der Waals surface area contributed by atoms with E-state index in [4.69, 9.17) is 5.11 Å². The number of esters is 1. The van der Waals surface area contributed by atoms with Crippen molar-refractivity contribution in [3.8, 4) is 0 Å². The van der Waals surface area contributed by atoms with Gasteiger partial charge in [0, 0.05) is 0 Å². The first-order valence-electron chi connectivity index (χ1n) is 4.53. The Hall–Kier alpha value is -1.51. The highest BCUT2D eigenvalue weighted by Gasteiger charge is 2.30. The van der Waals surface area contributed by atoms with E-state index in [1.165, 1.54) is 6.92 Å². The summed E-state index contributed by atoms with van der Waals surface area (Å²) in [5.74, 6) is -2.19. The van der Waals surface area contributed by atoms with Gasteiger partial charge in [0.2, 0.25) is 0 Å². The molecule has 8 heteroatoms. The van der Waals surface area contributed by atoms with Gasteiger partial charge in [-0.15, -0.1) is 11.3 Å². The minimum atomic E-state index is -1.79. The van der Waals surface area contributed by atoms with Crippen LogP contribution in [0.5, 0.6) is 0 Å². The zero-order valence-electron chi connectivity index (χ0n) is 9.08. The monoisotopic (exact) mass is 261 g/mol. The van der Waals surface area contributed by atoms with Gasteiger partial charge >= 0.3 is 11.9 Å². The van der Waals surface area contributed by atoms with Gasteiger partial charge in [0.25, 0.3) is 0 Å². The first kappa shape index (κ1) is 13.6. The third-order valence-corrected chi connectivity index (χ3v) is 3.22. The predicted molar refractivity (Wildman–Crippen MR) is 56.8 cm³/mol. The molecule has 2 unspecified atom stereocenters. The molecule has 0 aliphatic carbocycles. The molecule has 17 heavy (non-hydrogen) atoms. The molecule has 0 bridgehead atoms. The number of carbonyl (C=O) groups is 2. The molecule has 0 aromatic carbocycles. The lowest BCUT2D eigenvalue weighted by Gasteiger charge is -2.12. The van der Waals surface area contributed by atoms with E-state index in [0.29, 0.717) is 11.3 Å². The quantitative estimate of drug-likeness (QED) is 0.638. The van der Waals surface area contributed by atoms with Crippen molar-refractivity contribution in [3.05, 3.63) is 15.6 Å². The van der Waals surface area contributed by atoms with Gasteiger partial charge in [-0.1, -0.05) is 0 Å². The van der Waals surface area contributed by atoms with E-state index in [-0.39, 0.29) is 15.6 Å². The molecule has 1 rings (SSSR count). The summed E-state index contributed by atoms with van der Waals surface area (Å²) in [6.45, 7) is 1.46. The number of hydrogen-bond donors (Lipinski definition) is 3. The van der Waals surface area contributed by atoms with Crippen LogP contribution in [-0.2, 0) is 9.53 Å². The molecular weight excluding hydrogens is 250 g/mol. The largest absolute Gasteiger partial charge is 0.477 e. The topological polar surface area (TPSA) is 117 Å². The SMILES string of the molecule is COC(=O)C(O)C(O)c1nc(C)c(C(=O)O)s1. The van der Waals surface area contributed by atoms with Crippen molar-refractivity contribution in [3.63, 3.8) is 0 Å². The minimum Gasteiger partial charge on any atom is -0.477 e. The molecule has 0 spiro atoms. The van der Waals surface area contributed by atoms with Crippen LogP contribution in [0.2, 0.25) is 0 Å². The second-order valence-electron chi connectivity index (χ2n) is 3.18. The molecule has 1 aromatic heterocycles. The van der Waals surface area contributed by atoms with E-state index in [9.17, 15) is 19.8 Å². The van der Waals surface area contributed by atoms with Gasteiger partial charge in [-0.25, -0.2) is 14.6 Å². The second-order valence-corrected chi connectivity index (χ2v) is 4.22. The number of aliphatic hydroxyl groups excluding tert-OH is 2. The van der Waals surface area contributed by atoms with Crippen LogP contribution in [0, 0.1) is 6.92 Å². The Morgan fingerprint density at radius 1 is 1.41 bits per heavy atom. The van der Waals surface area contributed by atoms with Crippen molar-refractivity contribution < 1.29 is 29.6 Å². The summed E-state index contributed by atoms with van der Waals surface area (Å²) < 4.78 is 4.25. The van der Waals surface area contributed by atoms with E-state index < -0.39 is 24.1 Å². The number of ether oxygens (including phenoxy) is 1. The predicted octanol–water partition coefficient (Wildman–Crippen LogP) is -0.283. The average molecular weight is 261 g/mol. The van der Waals surface area contributed by atoms with Gasteiger partial charge in [0.05, 0.1) is 12.8 Å². The normalized spacial score (nSPS) is 14.1. The van der Waals surface area contributed by atoms with Gasteiger partial charge < -0.3 is 20.1 Å². The van der Waals surface area contributed by atoms with Crippen molar-refractivity contribution in [2.45, 2.75) is 19.1 Å². The Balaban J connectivity index is 2.97. The Bertz CT molecular complexity index is 443. The number of carboxylic acids is 1. The molecule has 1 aromatic rings. The summed E-state index contributed by atoms with van der Waals surface area (Å²) in [5, 5.41) is 27.7. The van der Waals surface area contributed by atoms with Crippen molar-refractivity contribution in [1.29, 1.82) is 0 Å². The van der Waals surface area contributed by atoms with E-state index in [1.807, 2.05) is 0 Å². The lowest BCUT2D eigenvalue weighted by molar-refractivity contribution is -0.156. The van der Waals surface area contributed by atoms with Crippen LogP contribution in [0.4, 0.5) is 0 Å². The van der Waals surface area contributed by atoms with Crippen LogP contribution < -0.4 is 0 Å². The van der Waals surface area contributed by atoms with Crippen LogP contribution in [-0.4, -0.2) is 45.5 Å². The molecule has 0 saturated heterocycles. The molecule has 94 valence electrons. The molecule has 0 fully saturated rings. The molecule has 0 aliphatic heterocycles. The highest BCUT2D eigenvalue weighted by Crippen LogP contribution is 2.26. The zero-order valence-corrected chi connectivity index (χ0v) is 9.89. The fourth-order valence-corrected chi connectivity index (χ4v) is 2.05. The molecule has 0 aliphatic rings. The summed E-state index contributed by atoms with van der Waals surface area (Å²) >= 11 is 0.703. The number of carbonyl (C=O) groups excluding carboxylic acids is 1. The van der Waals surface area contributed by atoms with Crippen molar-refractivity contribution in [1.82, 2.24) is 4.98 Å². The standard InChI is InChI=1S/C9H11NO6S/c1-3-6(8(13)14)17-7(10-3)4(11)5(12)9(15)16-2/h4-5,11-12H,1-2H3,(H,13,14). The fourth-order valence-electron chi connectivity index (χ4n) is 1.13. The van der Waals surface area contributed by atoms with Gasteiger partial charge in [-0.05, 0) is 6.92 Å². The number of rotatable bonds is 4. The average Bonchev–Trinajstić information content (AvgIpc) is 2.68. The summed E-state index contributed by atoms with van der Waals surface area (Å²) in [4.78, 5) is 25.5. The van der Waals surface area contributed by atoms with Crippen LogP contribution in [0.1, 0.15) is 26.5 Å². The second kappa shape index (κ2) is 5.21. The number of aliphatic hydroxyl groups is 2. The van der Waals surface area contributed by atoms with Gasteiger partial charge in [0.1, 0.15) is 16.0 Å². The van der Waals surface area contributed by atoms with Crippen LogP contribution in [0.25, 0.3) is 0 Å². The summed E-state index contributed by atoms with van der Waals surface area (Å²) in [5.41, 5.74) is 0.216. The van der Waals surface area contributed by atoms with Crippen molar-refractivity contribution in [2.24, 2.45) is 0 Å². The Kier molecular flexibility index (Phi) is 4.16. The van der Waals surface area contributed by atoms with E-state index in [0.717, 1.165) is 7.11 Å². The molecule has 0 radical (unpaired) electrons. The van der Waals surface area contributed by atoms with Gasteiger partial charge in [0.15, 0.2) is 6.10 Å². The maximum Gasteiger partial charge on any atom is 0.347 e. The van der Waals surface area contributed by atoms with Crippen molar-refractivity contribution in [2.75, 3.05) is 7.11 Å². The molecule has 0 saturated carbocycles. The number of methoxy groups -OCH3 is 1. The number of aryl methyl sites for hydroxylation is 1. The molecule has 0 amide bonds. The van der Waals surface area contributed by atoms with E-state index in [1.54, 1.807) is 0 Å². The lowest BCUT2D eigenvalue weighted by atomic mass is 10.2. The Morgan fingerprint density at radius 3 is 2.41 bits per heavy atom. The highest BCUT2D eigenvalue weighted by atomic mass is 32.1. The van der Waals surface area contributed by atoms with Gasteiger partial charge in [-0.3, -0.25) is 0 Å². The van der Waals surface area contributed by atoms with Gasteiger partial charge in [-0.2, -0.15) is 0 Å². The molecule has 7 nitrogen and oxygen atoms in total. The first-order valence-corrected chi connectivity index (χ1v) is 5.34. The van der Waals surface area contributed by atoms with Crippen LogP contribution >= 0.6 is 11.3 Å². The van der Waals surface area contributed by atoms with Crippen LogP contribution in [0.15, 0.2) is 0 Å². The lowest BCUT2D eigenvalue weighted by Crippen LogP contribution is -2.28. The minimum absolute atomic E-state index is 0.0437. The molecular formula is C9H11NO6S. The molecule has 1 heterocycles. The zero-order chi connectivity index (χ0) is 13.2. The number of aromatic nitrogens is 1. The van der Waals surface area contributed by atoms with E-state index >= 15 is 0 Å². The maximum atomic E-state index is 11.0. The summed E-state index contributed by atoms with van der Waals surface area (Å²) in [6, 6.07) is 0. The Labute approximate surface area is 100 Å². The third-order valence-electron chi connectivity index (χ3n) is 2.00. The number of thiazole rings is 1.